The van der Waals surface area contributed by atoms with E-state index in [9.17, 15) is 4.79 Å². The molecule has 1 saturated carbocycles. The Balaban J connectivity index is 1.79. The molecule has 1 aliphatic carbocycles. The zero-order valence-electron chi connectivity index (χ0n) is 11.9. The van der Waals surface area contributed by atoms with Gasteiger partial charge in [0, 0.05) is 11.7 Å². The molecule has 1 aromatic rings. The Bertz CT molecular complexity index is 409. The maximum atomic E-state index is 10.6. The minimum atomic E-state index is -0.336. The van der Waals surface area contributed by atoms with E-state index in [0.29, 0.717) is 12.6 Å². The van der Waals surface area contributed by atoms with Crippen molar-refractivity contribution in [1.29, 1.82) is 0 Å². The van der Waals surface area contributed by atoms with E-state index in [2.05, 4.69) is 5.32 Å². The van der Waals surface area contributed by atoms with Crippen LogP contribution in [0.3, 0.4) is 0 Å². The smallest absolute Gasteiger partial charge is 0.220 e. The van der Waals surface area contributed by atoms with Crippen LogP contribution in [0.15, 0.2) is 24.3 Å². The van der Waals surface area contributed by atoms with Gasteiger partial charge in [-0.25, -0.2) is 0 Å². The van der Waals surface area contributed by atoms with Crippen LogP contribution >= 0.6 is 0 Å². The Morgan fingerprint density at radius 2 is 1.80 bits per heavy atom. The summed E-state index contributed by atoms with van der Waals surface area (Å²) in [5.41, 5.74) is 6.21. The fourth-order valence-electron chi connectivity index (χ4n) is 2.58. The van der Waals surface area contributed by atoms with Gasteiger partial charge in [-0.1, -0.05) is 25.7 Å². The number of primary amides is 1. The van der Waals surface area contributed by atoms with Gasteiger partial charge < -0.3 is 15.8 Å². The normalized spacial score (nSPS) is 16.4. The standard InChI is InChI=1S/C16H24N2O2/c17-16(19)11-12-20-15-9-7-14(8-10-15)18-13-5-3-1-2-4-6-13/h7-10,13,18H,1-6,11-12H2,(H2,17,19). The van der Waals surface area contributed by atoms with E-state index in [4.69, 9.17) is 10.5 Å². The van der Waals surface area contributed by atoms with Gasteiger partial charge in [0.1, 0.15) is 5.75 Å². The minimum absolute atomic E-state index is 0.252. The van der Waals surface area contributed by atoms with E-state index in [-0.39, 0.29) is 12.3 Å². The van der Waals surface area contributed by atoms with Crippen LogP contribution in [0.1, 0.15) is 44.9 Å². The quantitative estimate of drug-likeness (QED) is 0.785. The Morgan fingerprint density at radius 3 is 2.40 bits per heavy atom. The van der Waals surface area contributed by atoms with Crippen molar-refractivity contribution in [3.8, 4) is 5.75 Å². The van der Waals surface area contributed by atoms with Gasteiger partial charge >= 0.3 is 0 Å². The topological polar surface area (TPSA) is 64.4 Å². The third-order valence-electron chi connectivity index (χ3n) is 3.70. The maximum absolute atomic E-state index is 10.6. The molecule has 1 amide bonds. The summed E-state index contributed by atoms with van der Waals surface area (Å²) in [6, 6.07) is 8.52. The molecule has 0 aliphatic heterocycles. The monoisotopic (exact) mass is 276 g/mol. The number of carbonyl (C=O) groups is 1. The summed E-state index contributed by atoms with van der Waals surface area (Å²) in [4.78, 5) is 10.6. The Kier molecular flexibility index (Phi) is 5.71. The van der Waals surface area contributed by atoms with Crippen LogP contribution in [0, 0.1) is 0 Å². The minimum Gasteiger partial charge on any atom is -0.493 e. The summed E-state index contributed by atoms with van der Waals surface area (Å²) in [7, 11) is 0. The highest BCUT2D eigenvalue weighted by atomic mass is 16.5. The fourth-order valence-corrected chi connectivity index (χ4v) is 2.58. The summed E-state index contributed by atoms with van der Waals surface area (Å²) < 4.78 is 5.45. The van der Waals surface area contributed by atoms with E-state index < -0.39 is 0 Å². The van der Waals surface area contributed by atoms with Crippen LogP contribution in [0.2, 0.25) is 0 Å². The molecule has 0 heterocycles. The average molecular weight is 276 g/mol. The van der Waals surface area contributed by atoms with Crippen LogP contribution in [-0.2, 0) is 4.79 Å². The van der Waals surface area contributed by atoms with Crippen molar-refractivity contribution in [2.24, 2.45) is 5.73 Å². The van der Waals surface area contributed by atoms with E-state index in [1.165, 1.54) is 38.5 Å². The number of hydrogen-bond donors (Lipinski definition) is 2. The molecule has 2 rings (SSSR count). The van der Waals surface area contributed by atoms with Crippen molar-refractivity contribution >= 4 is 11.6 Å². The Labute approximate surface area is 120 Å². The molecule has 1 aliphatic rings. The number of carbonyl (C=O) groups excluding carboxylic acids is 1. The van der Waals surface area contributed by atoms with Crippen molar-refractivity contribution in [2.75, 3.05) is 11.9 Å². The molecule has 0 saturated heterocycles. The highest BCUT2D eigenvalue weighted by molar-refractivity contribution is 5.73. The molecule has 0 radical (unpaired) electrons. The predicted octanol–water partition coefficient (Wildman–Crippen LogP) is 3.08. The van der Waals surface area contributed by atoms with Crippen molar-refractivity contribution in [2.45, 2.75) is 51.0 Å². The summed E-state index contributed by atoms with van der Waals surface area (Å²) >= 11 is 0. The third kappa shape index (κ3) is 5.11. The van der Waals surface area contributed by atoms with Crippen LogP contribution < -0.4 is 15.8 Å². The fraction of sp³-hybridized carbons (Fsp3) is 0.562. The van der Waals surface area contributed by atoms with Crippen LogP contribution in [0.25, 0.3) is 0 Å². The third-order valence-corrected chi connectivity index (χ3v) is 3.70. The van der Waals surface area contributed by atoms with E-state index >= 15 is 0 Å². The largest absolute Gasteiger partial charge is 0.493 e. The first-order valence-electron chi connectivity index (χ1n) is 7.52. The molecule has 3 N–H and O–H groups in total. The number of nitrogens with one attached hydrogen (secondary N) is 1. The molecule has 0 unspecified atom stereocenters. The van der Waals surface area contributed by atoms with Gasteiger partial charge in [-0.05, 0) is 37.1 Å². The maximum Gasteiger partial charge on any atom is 0.220 e. The van der Waals surface area contributed by atoms with Gasteiger partial charge in [-0.3, -0.25) is 4.79 Å². The number of ether oxygens (including phenoxy) is 1. The molecule has 4 heteroatoms. The summed E-state index contributed by atoms with van der Waals surface area (Å²) in [5.74, 6) is 0.439. The zero-order chi connectivity index (χ0) is 14.2. The van der Waals surface area contributed by atoms with Crippen molar-refractivity contribution < 1.29 is 9.53 Å². The van der Waals surface area contributed by atoms with Crippen molar-refractivity contribution in [3.63, 3.8) is 0 Å². The van der Waals surface area contributed by atoms with E-state index in [1.54, 1.807) is 0 Å². The Hall–Kier alpha value is -1.71. The van der Waals surface area contributed by atoms with Gasteiger partial charge in [0.25, 0.3) is 0 Å². The second kappa shape index (κ2) is 7.78. The SMILES string of the molecule is NC(=O)CCOc1ccc(NC2CCCCCC2)cc1. The predicted molar refractivity (Wildman–Crippen MR) is 80.9 cm³/mol. The van der Waals surface area contributed by atoms with Crippen molar-refractivity contribution in [1.82, 2.24) is 0 Å². The lowest BCUT2D eigenvalue weighted by Gasteiger charge is -2.17. The molecule has 0 atom stereocenters. The lowest BCUT2D eigenvalue weighted by molar-refractivity contribution is -0.118. The van der Waals surface area contributed by atoms with Crippen molar-refractivity contribution in [3.05, 3.63) is 24.3 Å². The number of amides is 1. The van der Waals surface area contributed by atoms with Crippen LogP contribution in [-0.4, -0.2) is 18.6 Å². The highest BCUT2D eigenvalue weighted by Crippen LogP contribution is 2.22. The number of nitrogens with two attached hydrogens (primary N) is 1. The van der Waals surface area contributed by atoms with E-state index in [1.807, 2.05) is 24.3 Å². The molecule has 0 aromatic heterocycles. The second-order valence-electron chi connectivity index (χ2n) is 5.42. The van der Waals surface area contributed by atoms with Gasteiger partial charge in [0.2, 0.25) is 5.91 Å². The first kappa shape index (κ1) is 14.7. The molecular weight excluding hydrogens is 252 g/mol. The van der Waals surface area contributed by atoms with Gasteiger partial charge in [-0.2, -0.15) is 0 Å². The first-order valence-corrected chi connectivity index (χ1v) is 7.52. The average Bonchev–Trinajstić information content (AvgIpc) is 2.69. The number of benzene rings is 1. The molecule has 1 fully saturated rings. The lowest BCUT2D eigenvalue weighted by atomic mass is 10.1. The molecular formula is C16H24N2O2. The lowest BCUT2D eigenvalue weighted by Crippen LogP contribution is -2.18. The van der Waals surface area contributed by atoms with Gasteiger partial charge in [-0.15, -0.1) is 0 Å². The van der Waals surface area contributed by atoms with Crippen LogP contribution in [0.4, 0.5) is 5.69 Å². The van der Waals surface area contributed by atoms with Gasteiger partial charge in [0.05, 0.1) is 13.0 Å². The molecule has 1 aromatic carbocycles. The van der Waals surface area contributed by atoms with E-state index in [0.717, 1.165) is 11.4 Å². The molecule has 4 nitrogen and oxygen atoms in total. The second-order valence-corrected chi connectivity index (χ2v) is 5.42. The molecule has 20 heavy (non-hydrogen) atoms. The summed E-state index contributed by atoms with van der Waals surface area (Å²) in [5, 5.41) is 3.59. The number of anilines is 1. The molecule has 0 spiro atoms. The number of hydrogen-bond acceptors (Lipinski definition) is 3. The highest BCUT2D eigenvalue weighted by Gasteiger charge is 2.11. The van der Waals surface area contributed by atoms with Gasteiger partial charge in [0.15, 0.2) is 0 Å². The number of rotatable bonds is 6. The molecule has 110 valence electrons. The summed E-state index contributed by atoms with van der Waals surface area (Å²) in [6.45, 7) is 0.338. The van der Waals surface area contributed by atoms with Crippen LogP contribution in [0.5, 0.6) is 5.75 Å². The molecule has 0 bridgehead atoms. The Morgan fingerprint density at radius 1 is 1.15 bits per heavy atom. The summed E-state index contributed by atoms with van der Waals surface area (Å²) in [6.07, 6.45) is 8.16. The first-order chi connectivity index (χ1) is 9.74. The zero-order valence-corrected chi connectivity index (χ0v) is 11.9.